The summed E-state index contributed by atoms with van der Waals surface area (Å²) < 4.78 is 5.53. The second kappa shape index (κ2) is 12.7. The first kappa shape index (κ1) is 30.2. The number of amides is 2. The topological polar surface area (TPSA) is 119 Å². The zero-order valence-electron chi connectivity index (χ0n) is 27.1. The molecule has 5 aromatic rings. The summed E-state index contributed by atoms with van der Waals surface area (Å²) in [5.41, 5.74) is 6.04. The van der Waals surface area contributed by atoms with Gasteiger partial charge >= 0.3 is 6.03 Å². The lowest BCUT2D eigenvalue weighted by Gasteiger charge is -2.35. The number of urea groups is 1. The van der Waals surface area contributed by atoms with Crippen molar-refractivity contribution in [1.29, 1.82) is 0 Å². The van der Waals surface area contributed by atoms with Crippen molar-refractivity contribution in [3.8, 4) is 28.4 Å². The number of rotatable bonds is 8. The highest BCUT2D eigenvalue weighted by Crippen LogP contribution is 2.35. The van der Waals surface area contributed by atoms with Crippen molar-refractivity contribution < 1.29 is 9.53 Å². The molecule has 0 aliphatic carbocycles. The van der Waals surface area contributed by atoms with Gasteiger partial charge in [0.2, 0.25) is 5.95 Å². The minimum atomic E-state index is -0.175. The number of fused-ring (bicyclic) bond motifs is 1. The van der Waals surface area contributed by atoms with Gasteiger partial charge < -0.3 is 24.8 Å². The number of aromatic amines is 1. The molecule has 0 atom stereocenters. The van der Waals surface area contributed by atoms with E-state index in [-0.39, 0.29) is 6.03 Å². The van der Waals surface area contributed by atoms with Crippen LogP contribution in [0.2, 0.25) is 0 Å². The van der Waals surface area contributed by atoms with Crippen LogP contribution in [0.5, 0.6) is 5.75 Å². The molecule has 0 saturated carbocycles. The van der Waals surface area contributed by atoms with Gasteiger partial charge in [-0.2, -0.15) is 4.98 Å². The van der Waals surface area contributed by atoms with Gasteiger partial charge in [-0.15, -0.1) is 0 Å². The van der Waals surface area contributed by atoms with E-state index in [2.05, 4.69) is 42.0 Å². The average molecular weight is 631 g/mol. The standard InChI is InChI=1S/C35H38N10O2/c1-5-43-14-16-44(17-15-43)31-13-12-26(20-36-31)39-34-38-19-25-22-45(35(46)42(3)33(25)41-34)29-18-24(11-10-23(29)2)32-37-21-28(40-32)27-8-6-7-9-30(27)47-4/h6-13,18-21H,5,14-17,22H2,1-4H3,(H,37,40)(H,38,39,41). The van der Waals surface area contributed by atoms with Crippen LogP contribution >= 0.6 is 0 Å². The summed E-state index contributed by atoms with van der Waals surface area (Å²) in [5, 5.41) is 3.25. The van der Waals surface area contributed by atoms with E-state index >= 15 is 0 Å². The van der Waals surface area contributed by atoms with Crippen molar-refractivity contribution in [3.05, 3.63) is 84.3 Å². The molecule has 12 nitrogen and oxygen atoms in total. The monoisotopic (exact) mass is 630 g/mol. The van der Waals surface area contributed by atoms with Crippen molar-refractivity contribution in [1.82, 2.24) is 29.8 Å². The minimum absolute atomic E-state index is 0.175. The summed E-state index contributed by atoms with van der Waals surface area (Å²) in [6, 6.07) is 17.6. The molecule has 5 heterocycles. The third kappa shape index (κ3) is 5.95. The van der Waals surface area contributed by atoms with Crippen LogP contribution in [0.4, 0.5) is 33.8 Å². The van der Waals surface area contributed by atoms with E-state index in [0.29, 0.717) is 24.1 Å². The number of nitrogens with one attached hydrogen (secondary N) is 2. The fourth-order valence-corrected chi connectivity index (χ4v) is 6.15. The quantitative estimate of drug-likeness (QED) is 0.222. The third-order valence-electron chi connectivity index (χ3n) is 8.90. The van der Waals surface area contributed by atoms with Crippen LogP contribution in [0.25, 0.3) is 22.6 Å². The molecule has 2 aromatic carbocycles. The number of imidazole rings is 1. The molecule has 2 amide bonds. The van der Waals surface area contributed by atoms with E-state index < -0.39 is 0 Å². The van der Waals surface area contributed by atoms with Crippen molar-refractivity contribution in [2.45, 2.75) is 20.4 Å². The Kier molecular flexibility index (Phi) is 8.17. The lowest BCUT2D eigenvalue weighted by Crippen LogP contribution is -2.46. The summed E-state index contributed by atoms with van der Waals surface area (Å²) in [5.74, 6) is 3.41. The number of likely N-dealkylation sites (N-methyl/N-ethyl adjacent to an activating group) is 1. The number of ether oxygens (including phenoxy) is 1. The molecule has 0 unspecified atom stereocenters. The molecule has 240 valence electrons. The van der Waals surface area contributed by atoms with Crippen LogP contribution in [-0.2, 0) is 6.54 Å². The third-order valence-corrected chi connectivity index (χ3v) is 8.90. The molecule has 0 bridgehead atoms. The molecule has 12 heteroatoms. The summed E-state index contributed by atoms with van der Waals surface area (Å²) in [4.78, 5) is 43.9. The van der Waals surface area contributed by atoms with Gasteiger partial charge in [0.1, 0.15) is 23.2 Å². The fraction of sp³-hybridized carbons (Fsp3) is 0.286. The minimum Gasteiger partial charge on any atom is -0.496 e. The van der Waals surface area contributed by atoms with Gasteiger partial charge in [-0.25, -0.2) is 19.7 Å². The maximum absolute atomic E-state index is 13.8. The van der Waals surface area contributed by atoms with E-state index in [1.165, 1.54) is 0 Å². The number of para-hydroxylation sites is 1. The second-order valence-corrected chi connectivity index (χ2v) is 11.8. The Labute approximate surface area is 274 Å². The Hall–Kier alpha value is -5.49. The molecule has 47 heavy (non-hydrogen) atoms. The van der Waals surface area contributed by atoms with Crippen LogP contribution in [-0.4, -0.2) is 82.7 Å². The first-order chi connectivity index (χ1) is 22.9. The molecular weight excluding hydrogens is 592 g/mol. The Balaban J connectivity index is 1.08. The van der Waals surface area contributed by atoms with Gasteiger partial charge in [0.05, 0.1) is 37.4 Å². The summed E-state index contributed by atoms with van der Waals surface area (Å²) in [7, 11) is 3.39. The van der Waals surface area contributed by atoms with Crippen molar-refractivity contribution in [3.63, 3.8) is 0 Å². The zero-order valence-corrected chi connectivity index (χ0v) is 27.1. The number of pyridine rings is 1. The van der Waals surface area contributed by atoms with E-state index in [0.717, 1.165) is 83.6 Å². The normalized spacial score (nSPS) is 15.1. The number of hydrogen-bond donors (Lipinski definition) is 2. The largest absolute Gasteiger partial charge is 0.496 e. The first-order valence-electron chi connectivity index (χ1n) is 15.8. The summed E-state index contributed by atoms with van der Waals surface area (Å²) in [6.45, 7) is 9.65. The molecule has 2 aliphatic rings. The molecule has 0 spiro atoms. The number of carbonyl (C=O) groups is 1. The molecular formula is C35H38N10O2. The highest BCUT2D eigenvalue weighted by molar-refractivity contribution is 6.05. The summed E-state index contributed by atoms with van der Waals surface area (Å²) >= 11 is 0. The van der Waals surface area contributed by atoms with Gasteiger partial charge in [-0.05, 0) is 49.4 Å². The van der Waals surface area contributed by atoms with Crippen LogP contribution in [0.1, 0.15) is 18.1 Å². The van der Waals surface area contributed by atoms with Crippen molar-refractivity contribution in [2.75, 3.05) is 66.9 Å². The van der Waals surface area contributed by atoms with Gasteiger partial charge in [-0.1, -0.05) is 31.2 Å². The number of nitrogens with zero attached hydrogens (tertiary/aromatic N) is 8. The number of benzene rings is 2. The molecule has 2 aliphatic heterocycles. The number of piperazine rings is 1. The predicted octanol–water partition coefficient (Wildman–Crippen LogP) is 5.71. The number of methoxy groups -OCH3 is 1. The Morgan fingerprint density at radius 2 is 1.79 bits per heavy atom. The van der Waals surface area contributed by atoms with Gasteiger partial charge in [0, 0.05) is 61.8 Å². The molecule has 2 N–H and O–H groups in total. The molecule has 1 saturated heterocycles. The SMILES string of the molecule is CCN1CCN(c2ccc(Nc3ncc4c(n3)N(C)C(=O)N(c3cc(-c5ncc(-c6ccccc6OC)[nH]5)ccc3C)C4)cn2)CC1. The first-order valence-corrected chi connectivity index (χ1v) is 15.8. The van der Waals surface area contributed by atoms with E-state index in [1.54, 1.807) is 42.5 Å². The van der Waals surface area contributed by atoms with Crippen molar-refractivity contribution in [2.24, 2.45) is 0 Å². The molecule has 0 radical (unpaired) electrons. The Morgan fingerprint density at radius 1 is 0.957 bits per heavy atom. The van der Waals surface area contributed by atoms with Crippen molar-refractivity contribution >= 4 is 35.0 Å². The lowest BCUT2D eigenvalue weighted by atomic mass is 10.1. The highest BCUT2D eigenvalue weighted by atomic mass is 16.5. The van der Waals surface area contributed by atoms with Gasteiger partial charge in [0.15, 0.2) is 0 Å². The fourth-order valence-electron chi connectivity index (χ4n) is 6.15. The van der Waals surface area contributed by atoms with E-state index in [9.17, 15) is 4.79 Å². The maximum atomic E-state index is 13.8. The predicted molar refractivity (Wildman–Crippen MR) is 185 cm³/mol. The van der Waals surface area contributed by atoms with Gasteiger partial charge in [0.25, 0.3) is 0 Å². The van der Waals surface area contributed by atoms with E-state index in [4.69, 9.17) is 9.72 Å². The number of H-pyrrole nitrogens is 1. The Bertz CT molecular complexity index is 1900. The molecule has 7 rings (SSSR count). The number of carbonyl (C=O) groups excluding carboxylic acids is 1. The van der Waals surface area contributed by atoms with Crippen LogP contribution < -0.4 is 24.8 Å². The maximum Gasteiger partial charge on any atom is 0.330 e. The number of anilines is 5. The number of aromatic nitrogens is 5. The second-order valence-electron chi connectivity index (χ2n) is 11.8. The van der Waals surface area contributed by atoms with Crippen LogP contribution in [0, 0.1) is 6.92 Å². The average Bonchev–Trinajstić information content (AvgIpc) is 3.61. The highest BCUT2D eigenvalue weighted by Gasteiger charge is 2.32. The van der Waals surface area contributed by atoms with Gasteiger partial charge in [-0.3, -0.25) is 9.80 Å². The lowest BCUT2D eigenvalue weighted by molar-refractivity contribution is 0.251. The zero-order chi connectivity index (χ0) is 32.5. The number of hydrogen-bond acceptors (Lipinski definition) is 9. The Morgan fingerprint density at radius 3 is 2.55 bits per heavy atom. The molecule has 3 aromatic heterocycles. The number of aryl methyl sites for hydroxylation is 1. The van der Waals surface area contributed by atoms with E-state index in [1.807, 2.05) is 61.5 Å². The van der Waals surface area contributed by atoms with Crippen LogP contribution in [0.15, 0.2) is 73.2 Å². The van der Waals surface area contributed by atoms with Crippen LogP contribution in [0.3, 0.4) is 0 Å². The smallest absolute Gasteiger partial charge is 0.330 e. The summed E-state index contributed by atoms with van der Waals surface area (Å²) in [6.07, 6.45) is 5.38. The molecule has 1 fully saturated rings.